The van der Waals surface area contributed by atoms with Crippen LogP contribution >= 0.6 is 0 Å². The summed E-state index contributed by atoms with van der Waals surface area (Å²) < 4.78 is 0. The normalized spacial score (nSPS) is 9.62. The molecule has 0 atom stereocenters. The summed E-state index contributed by atoms with van der Waals surface area (Å²) in [6.07, 6.45) is 0. The van der Waals surface area contributed by atoms with Crippen molar-refractivity contribution in [3.63, 3.8) is 0 Å². The Hall–Kier alpha value is -1.70. The number of nitrogen functional groups attached to an aromatic ring is 1. The number of hydrogen-bond acceptors (Lipinski definition) is 4. The van der Waals surface area contributed by atoms with E-state index in [0.29, 0.717) is 17.2 Å². The van der Waals surface area contributed by atoms with Crippen molar-refractivity contribution in [2.45, 2.75) is 13.8 Å². The summed E-state index contributed by atoms with van der Waals surface area (Å²) in [7, 11) is 0. The molecule has 1 heterocycles. The molecule has 1 aromatic heterocycles. The van der Waals surface area contributed by atoms with Gasteiger partial charge >= 0.3 is 0 Å². The Kier molecular flexibility index (Phi) is 2.75. The van der Waals surface area contributed by atoms with Crippen LogP contribution in [0.15, 0.2) is 0 Å². The number of rotatable bonds is 3. The number of H-pyrrole nitrogens is 1. The predicted molar refractivity (Wildman–Crippen MR) is 51.3 cm³/mol. The van der Waals surface area contributed by atoms with Crippen LogP contribution in [0.5, 0.6) is 0 Å². The molecule has 1 rings (SSSR count). The summed E-state index contributed by atoms with van der Waals surface area (Å²) >= 11 is 0. The van der Waals surface area contributed by atoms with E-state index in [9.17, 15) is 0 Å². The van der Waals surface area contributed by atoms with Crippen molar-refractivity contribution in [1.29, 1.82) is 5.26 Å². The lowest BCUT2D eigenvalue weighted by Gasteiger charge is -2.17. The number of hydrogen-bond donors (Lipinski definition) is 2. The standard InChI is InChI=1S/C8H13N5/c1-3-13(4-2)8-6(5-9)7(10)11-12-8/h3-4H2,1-2H3,(H3,10,11,12). The van der Waals surface area contributed by atoms with Crippen LogP contribution in [0.4, 0.5) is 11.6 Å². The highest BCUT2D eigenvalue weighted by atomic mass is 15.3. The Labute approximate surface area is 77.1 Å². The van der Waals surface area contributed by atoms with Crippen LogP contribution in [0.25, 0.3) is 0 Å². The number of aromatic nitrogens is 2. The molecule has 0 unspecified atom stereocenters. The smallest absolute Gasteiger partial charge is 0.170 e. The summed E-state index contributed by atoms with van der Waals surface area (Å²) in [5.74, 6) is 0.981. The molecular formula is C8H13N5. The highest BCUT2D eigenvalue weighted by Crippen LogP contribution is 2.20. The first-order valence-electron chi connectivity index (χ1n) is 4.23. The van der Waals surface area contributed by atoms with Gasteiger partial charge in [-0.25, -0.2) is 0 Å². The molecule has 0 radical (unpaired) electrons. The lowest BCUT2D eigenvalue weighted by Crippen LogP contribution is -2.23. The second kappa shape index (κ2) is 3.81. The first-order valence-corrected chi connectivity index (χ1v) is 4.23. The summed E-state index contributed by atoms with van der Waals surface area (Å²) in [5, 5.41) is 15.4. The number of nitrogens with one attached hydrogen (secondary N) is 1. The molecule has 5 nitrogen and oxygen atoms in total. The van der Waals surface area contributed by atoms with Crippen LogP contribution in [0.3, 0.4) is 0 Å². The molecule has 0 saturated carbocycles. The summed E-state index contributed by atoms with van der Waals surface area (Å²) in [6.45, 7) is 5.65. The number of aromatic amines is 1. The molecule has 1 aromatic rings. The van der Waals surface area contributed by atoms with Gasteiger partial charge in [0.1, 0.15) is 17.5 Å². The number of anilines is 2. The number of nitrogens with zero attached hydrogens (tertiary/aromatic N) is 3. The molecule has 0 fully saturated rings. The lowest BCUT2D eigenvalue weighted by atomic mass is 10.3. The number of nitrogens with two attached hydrogens (primary N) is 1. The molecule has 0 aromatic carbocycles. The molecule has 0 aliphatic carbocycles. The summed E-state index contributed by atoms with van der Waals surface area (Å²) in [4.78, 5) is 1.98. The fourth-order valence-corrected chi connectivity index (χ4v) is 1.21. The molecule has 0 bridgehead atoms. The maximum absolute atomic E-state index is 8.81. The fraction of sp³-hybridized carbons (Fsp3) is 0.500. The maximum atomic E-state index is 8.81. The van der Waals surface area contributed by atoms with Gasteiger partial charge in [-0.1, -0.05) is 0 Å². The van der Waals surface area contributed by atoms with Gasteiger partial charge in [0, 0.05) is 13.1 Å². The number of nitriles is 1. The molecule has 0 amide bonds. The molecule has 0 aliphatic heterocycles. The van der Waals surface area contributed by atoms with E-state index in [1.165, 1.54) is 0 Å². The molecule has 0 saturated heterocycles. The Bertz CT molecular complexity index is 318. The van der Waals surface area contributed by atoms with Gasteiger partial charge in [0.15, 0.2) is 5.82 Å². The van der Waals surface area contributed by atoms with Gasteiger partial charge in [-0.05, 0) is 13.8 Å². The zero-order valence-electron chi connectivity index (χ0n) is 7.83. The zero-order valence-corrected chi connectivity index (χ0v) is 7.83. The third kappa shape index (κ3) is 1.56. The third-order valence-electron chi connectivity index (χ3n) is 1.95. The first kappa shape index (κ1) is 9.39. The minimum Gasteiger partial charge on any atom is -0.383 e. The van der Waals surface area contributed by atoms with E-state index in [4.69, 9.17) is 11.0 Å². The molecule has 3 N–H and O–H groups in total. The quantitative estimate of drug-likeness (QED) is 0.716. The van der Waals surface area contributed by atoms with Crippen molar-refractivity contribution in [3.05, 3.63) is 5.56 Å². The maximum Gasteiger partial charge on any atom is 0.170 e. The molecule has 0 aliphatic rings. The second-order valence-electron chi connectivity index (χ2n) is 2.62. The minimum atomic E-state index is 0.337. The van der Waals surface area contributed by atoms with Crippen LogP contribution in [-0.2, 0) is 0 Å². The highest BCUT2D eigenvalue weighted by Gasteiger charge is 2.14. The average Bonchev–Trinajstić information content (AvgIpc) is 2.50. The summed E-state index contributed by atoms with van der Waals surface area (Å²) in [5.41, 5.74) is 5.97. The minimum absolute atomic E-state index is 0.337. The monoisotopic (exact) mass is 179 g/mol. The van der Waals surface area contributed by atoms with Gasteiger partial charge < -0.3 is 10.6 Å². The van der Waals surface area contributed by atoms with Crippen molar-refractivity contribution in [2.24, 2.45) is 0 Å². The zero-order chi connectivity index (χ0) is 9.84. The van der Waals surface area contributed by atoms with Crippen LogP contribution in [0.1, 0.15) is 19.4 Å². The SMILES string of the molecule is CCN(CC)c1n[nH]c(N)c1C#N. The van der Waals surface area contributed by atoms with Crippen LogP contribution in [-0.4, -0.2) is 23.3 Å². The van der Waals surface area contributed by atoms with Crippen LogP contribution in [0.2, 0.25) is 0 Å². The lowest BCUT2D eigenvalue weighted by molar-refractivity contribution is 0.838. The van der Waals surface area contributed by atoms with E-state index in [1.54, 1.807) is 0 Å². The second-order valence-corrected chi connectivity index (χ2v) is 2.62. The first-order chi connectivity index (χ1) is 6.24. The molecular weight excluding hydrogens is 166 g/mol. The van der Waals surface area contributed by atoms with Crippen molar-refractivity contribution < 1.29 is 0 Å². The van der Waals surface area contributed by atoms with Gasteiger partial charge in [-0.15, -0.1) is 0 Å². The molecule has 70 valence electrons. The predicted octanol–water partition coefficient (Wildman–Crippen LogP) is 0.710. The van der Waals surface area contributed by atoms with E-state index in [0.717, 1.165) is 13.1 Å². The fourth-order valence-electron chi connectivity index (χ4n) is 1.21. The Morgan fingerprint density at radius 2 is 2.15 bits per heavy atom. The Morgan fingerprint density at radius 3 is 2.62 bits per heavy atom. The van der Waals surface area contributed by atoms with Crippen molar-refractivity contribution >= 4 is 11.6 Å². The van der Waals surface area contributed by atoms with E-state index in [1.807, 2.05) is 24.8 Å². The van der Waals surface area contributed by atoms with Crippen molar-refractivity contribution in [2.75, 3.05) is 23.7 Å². The topological polar surface area (TPSA) is 81.7 Å². The van der Waals surface area contributed by atoms with Gasteiger partial charge in [0.25, 0.3) is 0 Å². The van der Waals surface area contributed by atoms with Gasteiger partial charge in [-0.3, -0.25) is 5.10 Å². The summed E-state index contributed by atoms with van der Waals surface area (Å²) in [6, 6.07) is 2.03. The Balaban J connectivity index is 3.07. The molecule has 5 heteroatoms. The van der Waals surface area contributed by atoms with Gasteiger partial charge in [0.05, 0.1) is 0 Å². The van der Waals surface area contributed by atoms with Crippen LogP contribution < -0.4 is 10.6 Å². The average molecular weight is 179 g/mol. The van der Waals surface area contributed by atoms with E-state index < -0.39 is 0 Å². The van der Waals surface area contributed by atoms with Gasteiger partial charge in [0.2, 0.25) is 0 Å². The largest absolute Gasteiger partial charge is 0.383 e. The molecule has 0 spiro atoms. The van der Waals surface area contributed by atoms with Crippen molar-refractivity contribution in [3.8, 4) is 6.07 Å². The molecule has 13 heavy (non-hydrogen) atoms. The third-order valence-corrected chi connectivity index (χ3v) is 1.95. The van der Waals surface area contributed by atoms with E-state index in [-0.39, 0.29) is 0 Å². The van der Waals surface area contributed by atoms with Crippen LogP contribution in [0, 0.1) is 11.3 Å². The Morgan fingerprint density at radius 1 is 1.54 bits per heavy atom. The van der Waals surface area contributed by atoms with E-state index in [2.05, 4.69) is 10.2 Å². The highest BCUT2D eigenvalue weighted by molar-refractivity contribution is 5.64. The van der Waals surface area contributed by atoms with Gasteiger partial charge in [-0.2, -0.15) is 10.4 Å². The van der Waals surface area contributed by atoms with E-state index >= 15 is 0 Å². The van der Waals surface area contributed by atoms with Crippen molar-refractivity contribution in [1.82, 2.24) is 10.2 Å².